The van der Waals surface area contributed by atoms with Crippen LogP contribution < -0.4 is 10.1 Å². The summed E-state index contributed by atoms with van der Waals surface area (Å²) in [5.74, 6) is 0.595. The fraction of sp³-hybridized carbons (Fsp3) is 0.167. The zero-order valence-corrected chi connectivity index (χ0v) is 12.3. The molecule has 0 saturated carbocycles. The van der Waals surface area contributed by atoms with Crippen LogP contribution in [0.1, 0.15) is 21.5 Å². The molecular formula is C18H19NO2. The summed E-state index contributed by atoms with van der Waals surface area (Å²) < 4.78 is 5.39. The molecular weight excluding hydrogens is 262 g/mol. The minimum atomic E-state index is -0.126. The third-order valence-electron chi connectivity index (χ3n) is 3.34. The number of rotatable bonds is 5. The Morgan fingerprint density at radius 3 is 2.57 bits per heavy atom. The minimum absolute atomic E-state index is 0.126. The van der Waals surface area contributed by atoms with E-state index in [0.717, 1.165) is 22.6 Å². The number of aryl methyl sites for hydroxylation is 1. The van der Waals surface area contributed by atoms with Crippen molar-refractivity contribution < 1.29 is 9.53 Å². The van der Waals surface area contributed by atoms with E-state index in [-0.39, 0.29) is 5.91 Å². The van der Waals surface area contributed by atoms with Crippen LogP contribution in [0.2, 0.25) is 0 Å². The van der Waals surface area contributed by atoms with E-state index in [1.807, 2.05) is 32.0 Å². The Morgan fingerprint density at radius 1 is 1.19 bits per heavy atom. The normalized spacial score (nSPS) is 10.0. The highest BCUT2D eigenvalue weighted by atomic mass is 16.5. The Hall–Kier alpha value is -2.55. The van der Waals surface area contributed by atoms with Crippen molar-refractivity contribution in [2.45, 2.75) is 13.8 Å². The van der Waals surface area contributed by atoms with E-state index in [2.05, 4.69) is 11.9 Å². The van der Waals surface area contributed by atoms with Crippen LogP contribution in [0, 0.1) is 13.8 Å². The number of hydrogen-bond acceptors (Lipinski definition) is 2. The molecule has 0 atom stereocenters. The number of ether oxygens (including phenoxy) is 1. The Labute approximate surface area is 125 Å². The van der Waals surface area contributed by atoms with E-state index in [1.165, 1.54) is 0 Å². The van der Waals surface area contributed by atoms with Crippen LogP contribution in [0.15, 0.2) is 55.1 Å². The average Bonchev–Trinajstić information content (AvgIpc) is 2.50. The number of carbonyl (C=O) groups is 1. The van der Waals surface area contributed by atoms with Gasteiger partial charge in [-0.2, -0.15) is 0 Å². The van der Waals surface area contributed by atoms with E-state index in [1.54, 1.807) is 30.3 Å². The number of benzene rings is 2. The maximum atomic E-state index is 12.2. The third-order valence-corrected chi connectivity index (χ3v) is 3.34. The molecule has 3 heteroatoms. The lowest BCUT2D eigenvalue weighted by molar-refractivity contribution is 0.102. The lowest BCUT2D eigenvalue weighted by Crippen LogP contribution is -2.13. The number of nitrogens with one attached hydrogen (secondary N) is 1. The van der Waals surface area contributed by atoms with Gasteiger partial charge in [0.1, 0.15) is 12.4 Å². The molecule has 2 aromatic carbocycles. The molecule has 1 amide bonds. The number of anilines is 1. The Balaban J connectivity index is 2.09. The first kappa shape index (κ1) is 14.9. The molecule has 1 N–H and O–H groups in total. The predicted octanol–water partition coefficient (Wildman–Crippen LogP) is 4.12. The summed E-state index contributed by atoms with van der Waals surface area (Å²) in [5, 5.41) is 2.93. The van der Waals surface area contributed by atoms with Crippen molar-refractivity contribution in [1.29, 1.82) is 0 Å². The number of carbonyl (C=O) groups excluding carboxylic acids is 1. The summed E-state index contributed by atoms with van der Waals surface area (Å²) >= 11 is 0. The third kappa shape index (κ3) is 3.72. The van der Waals surface area contributed by atoms with Crippen molar-refractivity contribution in [2.24, 2.45) is 0 Å². The highest BCUT2D eigenvalue weighted by Gasteiger charge is 2.08. The van der Waals surface area contributed by atoms with Gasteiger partial charge in [-0.15, -0.1) is 0 Å². The van der Waals surface area contributed by atoms with Gasteiger partial charge in [0.2, 0.25) is 0 Å². The average molecular weight is 281 g/mol. The molecule has 0 heterocycles. The van der Waals surface area contributed by atoms with Gasteiger partial charge in [-0.25, -0.2) is 0 Å². The minimum Gasteiger partial charge on any atom is -0.490 e. The number of amides is 1. The van der Waals surface area contributed by atoms with Crippen LogP contribution in [0.5, 0.6) is 5.75 Å². The quantitative estimate of drug-likeness (QED) is 0.837. The van der Waals surface area contributed by atoms with E-state index in [9.17, 15) is 4.79 Å². The smallest absolute Gasteiger partial charge is 0.255 e. The first-order valence-corrected chi connectivity index (χ1v) is 6.83. The molecule has 3 nitrogen and oxygen atoms in total. The van der Waals surface area contributed by atoms with Gasteiger partial charge < -0.3 is 10.1 Å². The highest BCUT2D eigenvalue weighted by molar-refractivity contribution is 6.04. The first-order valence-electron chi connectivity index (χ1n) is 6.83. The Bertz CT molecular complexity index is 645. The van der Waals surface area contributed by atoms with Crippen molar-refractivity contribution in [2.75, 3.05) is 11.9 Å². The van der Waals surface area contributed by atoms with Crippen LogP contribution >= 0.6 is 0 Å². The summed E-state index contributed by atoms with van der Waals surface area (Å²) in [6, 6.07) is 12.9. The topological polar surface area (TPSA) is 38.3 Å². The van der Waals surface area contributed by atoms with Crippen molar-refractivity contribution in [3.63, 3.8) is 0 Å². The summed E-state index contributed by atoms with van der Waals surface area (Å²) in [7, 11) is 0. The molecule has 0 radical (unpaired) electrons. The number of hydrogen-bond donors (Lipinski definition) is 1. The second-order valence-electron chi connectivity index (χ2n) is 4.83. The molecule has 0 fully saturated rings. The molecule has 0 unspecified atom stereocenters. The zero-order valence-electron chi connectivity index (χ0n) is 12.3. The Morgan fingerprint density at radius 2 is 1.90 bits per heavy atom. The largest absolute Gasteiger partial charge is 0.490 e. The maximum absolute atomic E-state index is 12.2. The molecule has 0 aliphatic heterocycles. The molecule has 2 rings (SSSR count). The Kier molecular flexibility index (Phi) is 4.77. The fourth-order valence-electron chi connectivity index (χ4n) is 1.94. The second-order valence-corrected chi connectivity index (χ2v) is 4.83. The molecule has 0 spiro atoms. The summed E-state index contributed by atoms with van der Waals surface area (Å²) in [6.07, 6.45) is 1.68. The first-order chi connectivity index (χ1) is 10.1. The van der Waals surface area contributed by atoms with Crippen molar-refractivity contribution in [3.8, 4) is 5.75 Å². The molecule has 0 aliphatic rings. The van der Waals surface area contributed by atoms with Crippen molar-refractivity contribution in [3.05, 3.63) is 71.8 Å². The van der Waals surface area contributed by atoms with Crippen LogP contribution in [-0.4, -0.2) is 12.5 Å². The second kappa shape index (κ2) is 6.75. The summed E-state index contributed by atoms with van der Waals surface area (Å²) in [6.45, 7) is 8.07. The van der Waals surface area contributed by atoms with Crippen LogP contribution in [0.3, 0.4) is 0 Å². The van der Waals surface area contributed by atoms with E-state index in [4.69, 9.17) is 4.74 Å². The van der Waals surface area contributed by atoms with Gasteiger partial charge in [0.15, 0.2) is 0 Å². The van der Waals surface area contributed by atoms with E-state index >= 15 is 0 Å². The van der Waals surface area contributed by atoms with Gasteiger partial charge in [0.25, 0.3) is 5.91 Å². The highest BCUT2D eigenvalue weighted by Crippen LogP contribution is 2.19. The van der Waals surface area contributed by atoms with Gasteiger partial charge in [-0.1, -0.05) is 24.8 Å². The molecule has 108 valence electrons. The standard InChI is InChI=1S/C18H19NO2/c1-4-12-21-16-10-8-15(9-11-16)18(20)19-17-7-5-6-13(2)14(17)3/h4-11H,1,12H2,2-3H3,(H,19,20). The van der Waals surface area contributed by atoms with E-state index in [0.29, 0.717) is 12.2 Å². The fourth-order valence-corrected chi connectivity index (χ4v) is 1.94. The maximum Gasteiger partial charge on any atom is 0.255 e. The van der Waals surface area contributed by atoms with Crippen LogP contribution in [0.25, 0.3) is 0 Å². The van der Waals surface area contributed by atoms with Crippen LogP contribution in [0.4, 0.5) is 5.69 Å². The van der Waals surface area contributed by atoms with Gasteiger partial charge in [0.05, 0.1) is 0 Å². The van der Waals surface area contributed by atoms with Gasteiger partial charge in [0, 0.05) is 11.3 Å². The van der Waals surface area contributed by atoms with Crippen molar-refractivity contribution in [1.82, 2.24) is 0 Å². The van der Waals surface area contributed by atoms with E-state index < -0.39 is 0 Å². The molecule has 21 heavy (non-hydrogen) atoms. The monoisotopic (exact) mass is 281 g/mol. The SMILES string of the molecule is C=CCOc1ccc(C(=O)Nc2cccc(C)c2C)cc1. The lowest BCUT2D eigenvalue weighted by atomic mass is 10.1. The van der Waals surface area contributed by atoms with Gasteiger partial charge in [-0.05, 0) is 55.3 Å². The lowest BCUT2D eigenvalue weighted by Gasteiger charge is -2.10. The zero-order chi connectivity index (χ0) is 15.2. The summed E-state index contributed by atoms with van der Waals surface area (Å²) in [4.78, 5) is 12.2. The molecule has 2 aromatic rings. The predicted molar refractivity (Wildman–Crippen MR) is 86.0 cm³/mol. The van der Waals surface area contributed by atoms with Crippen LogP contribution in [-0.2, 0) is 0 Å². The van der Waals surface area contributed by atoms with Gasteiger partial charge in [-0.3, -0.25) is 4.79 Å². The molecule has 0 aromatic heterocycles. The molecule has 0 aliphatic carbocycles. The van der Waals surface area contributed by atoms with Gasteiger partial charge >= 0.3 is 0 Å². The van der Waals surface area contributed by atoms with Crippen molar-refractivity contribution >= 4 is 11.6 Å². The summed E-state index contributed by atoms with van der Waals surface area (Å²) in [5.41, 5.74) is 3.67. The molecule has 0 bridgehead atoms. The molecule has 0 saturated heterocycles.